The van der Waals surface area contributed by atoms with Gasteiger partial charge in [0.25, 0.3) is 0 Å². The molecule has 0 radical (unpaired) electrons. The van der Waals surface area contributed by atoms with Gasteiger partial charge in [-0.2, -0.15) is 0 Å². The summed E-state index contributed by atoms with van der Waals surface area (Å²) < 4.78 is 0. The second-order valence-electron chi connectivity index (χ2n) is 7.57. The smallest absolute Gasteiger partial charge is 0.0357 e. The highest BCUT2D eigenvalue weighted by molar-refractivity contribution is 5.08. The first-order valence-corrected chi connectivity index (χ1v) is 11.0. The Morgan fingerprint density at radius 1 is 0.583 bits per heavy atom. The van der Waals surface area contributed by atoms with Crippen molar-refractivity contribution in [1.82, 2.24) is 4.90 Å². The van der Waals surface area contributed by atoms with Gasteiger partial charge in [-0.15, -0.1) is 0 Å². The van der Waals surface area contributed by atoms with Gasteiger partial charge in [-0.1, -0.05) is 115 Å². The molecule has 1 aliphatic heterocycles. The van der Waals surface area contributed by atoms with Crippen LogP contribution in [0.1, 0.15) is 110 Å². The molecule has 0 aromatic carbocycles. The van der Waals surface area contributed by atoms with Gasteiger partial charge in [0.1, 0.15) is 0 Å². The largest absolute Gasteiger partial charge is 0.374 e. The van der Waals surface area contributed by atoms with Crippen molar-refractivity contribution in [2.24, 2.45) is 0 Å². The molecule has 1 heteroatoms. The Hall–Kier alpha value is -0.720. The lowest BCUT2D eigenvalue weighted by Gasteiger charge is -2.20. The van der Waals surface area contributed by atoms with Crippen molar-refractivity contribution in [1.29, 1.82) is 0 Å². The van der Waals surface area contributed by atoms with E-state index in [4.69, 9.17) is 0 Å². The van der Waals surface area contributed by atoms with Crippen LogP contribution in [0.4, 0.5) is 0 Å². The fraction of sp³-hybridized carbons (Fsp3) is 0.826. The van der Waals surface area contributed by atoms with Crippen LogP contribution in [0, 0.1) is 0 Å². The van der Waals surface area contributed by atoms with E-state index < -0.39 is 0 Å². The van der Waals surface area contributed by atoms with Gasteiger partial charge in [-0.25, -0.2) is 0 Å². The molecular weight excluding hydrogens is 290 g/mol. The van der Waals surface area contributed by atoms with E-state index in [1.54, 1.807) is 0 Å². The molecule has 0 aromatic rings. The zero-order valence-corrected chi connectivity index (χ0v) is 16.5. The van der Waals surface area contributed by atoms with E-state index >= 15 is 0 Å². The summed E-state index contributed by atoms with van der Waals surface area (Å²) in [6.07, 6.45) is 31.9. The van der Waals surface area contributed by atoms with Crippen molar-refractivity contribution in [3.63, 3.8) is 0 Å². The molecule has 0 unspecified atom stereocenters. The van der Waals surface area contributed by atoms with Crippen LogP contribution in [-0.4, -0.2) is 18.0 Å². The van der Waals surface area contributed by atoms with Crippen LogP contribution in [0.5, 0.6) is 0 Å². The van der Waals surface area contributed by atoms with Crippen molar-refractivity contribution in [3.05, 3.63) is 24.4 Å². The third-order valence-electron chi connectivity index (χ3n) is 5.18. The first-order chi connectivity index (χ1) is 11.9. The third kappa shape index (κ3) is 13.7. The Morgan fingerprint density at radius 2 is 1.04 bits per heavy atom. The summed E-state index contributed by atoms with van der Waals surface area (Å²) in [6.45, 7) is 4.64. The van der Waals surface area contributed by atoms with Gasteiger partial charge in [-0.3, -0.25) is 0 Å². The molecule has 0 aromatic heterocycles. The number of hydrogen-bond acceptors (Lipinski definition) is 1. The molecular formula is C23H43N. The van der Waals surface area contributed by atoms with Gasteiger partial charge in [0, 0.05) is 13.1 Å². The molecule has 1 rings (SSSR count). The molecule has 0 aliphatic carbocycles. The lowest BCUT2D eigenvalue weighted by molar-refractivity contribution is 0.392. The summed E-state index contributed by atoms with van der Waals surface area (Å²) in [5, 5.41) is 0. The summed E-state index contributed by atoms with van der Waals surface area (Å²) in [6, 6.07) is 0. The Morgan fingerprint density at radius 3 is 1.46 bits per heavy atom. The van der Waals surface area contributed by atoms with Gasteiger partial charge in [0.15, 0.2) is 0 Å². The van der Waals surface area contributed by atoms with Crippen molar-refractivity contribution < 1.29 is 0 Å². The zero-order chi connectivity index (χ0) is 17.1. The van der Waals surface area contributed by atoms with E-state index in [0.717, 1.165) is 6.54 Å². The van der Waals surface area contributed by atoms with E-state index in [1.165, 1.54) is 109 Å². The van der Waals surface area contributed by atoms with E-state index in [-0.39, 0.29) is 0 Å². The van der Waals surface area contributed by atoms with Crippen molar-refractivity contribution in [2.75, 3.05) is 13.1 Å². The van der Waals surface area contributed by atoms with Crippen LogP contribution < -0.4 is 0 Å². The number of allylic oxidation sites excluding steroid dienone is 2. The average Bonchev–Trinajstić information content (AvgIpc) is 2.62. The van der Waals surface area contributed by atoms with Crippen LogP contribution >= 0.6 is 0 Å². The first kappa shape index (κ1) is 21.3. The molecule has 0 atom stereocenters. The highest BCUT2D eigenvalue weighted by atomic mass is 15.1. The second-order valence-corrected chi connectivity index (χ2v) is 7.57. The predicted octanol–water partition coefficient (Wildman–Crippen LogP) is 7.63. The highest BCUT2D eigenvalue weighted by Gasteiger charge is 1.99. The van der Waals surface area contributed by atoms with Crippen molar-refractivity contribution in [2.45, 2.75) is 110 Å². The lowest BCUT2D eigenvalue weighted by atomic mass is 10.0. The minimum absolute atomic E-state index is 1.11. The molecule has 0 N–H and O–H groups in total. The molecule has 0 spiro atoms. The maximum atomic E-state index is 2.42. The lowest BCUT2D eigenvalue weighted by Crippen LogP contribution is -2.19. The van der Waals surface area contributed by atoms with E-state index in [1.807, 2.05) is 0 Å². The number of nitrogens with zero attached hydrogens (tertiary/aromatic N) is 1. The van der Waals surface area contributed by atoms with Crippen LogP contribution in [0.2, 0.25) is 0 Å². The van der Waals surface area contributed by atoms with Gasteiger partial charge in [-0.05, 0) is 18.7 Å². The topological polar surface area (TPSA) is 3.24 Å². The first-order valence-electron chi connectivity index (χ1n) is 11.0. The maximum Gasteiger partial charge on any atom is 0.0357 e. The monoisotopic (exact) mass is 333 g/mol. The van der Waals surface area contributed by atoms with Crippen LogP contribution in [-0.2, 0) is 0 Å². The van der Waals surface area contributed by atoms with Crippen LogP contribution in [0.25, 0.3) is 0 Å². The molecule has 1 nitrogen and oxygen atoms in total. The molecule has 1 heterocycles. The van der Waals surface area contributed by atoms with Crippen LogP contribution in [0.3, 0.4) is 0 Å². The molecule has 0 bridgehead atoms. The summed E-state index contributed by atoms with van der Waals surface area (Å²) in [4.78, 5) is 2.42. The van der Waals surface area contributed by atoms with Crippen molar-refractivity contribution >= 4 is 0 Å². The van der Waals surface area contributed by atoms with Crippen molar-refractivity contribution in [3.8, 4) is 0 Å². The van der Waals surface area contributed by atoms with Gasteiger partial charge in [0.2, 0.25) is 0 Å². The quantitative estimate of drug-likeness (QED) is 0.247. The Kier molecular flexibility index (Phi) is 15.2. The Labute approximate surface area is 152 Å². The highest BCUT2D eigenvalue weighted by Crippen LogP contribution is 2.14. The zero-order valence-electron chi connectivity index (χ0n) is 16.5. The normalized spacial score (nSPS) is 13.8. The number of rotatable bonds is 17. The number of unbranched alkanes of at least 4 members (excludes halogenated alkanes) is 15. The summed E-state index contributed by atoms with van der Waals surface area (Å²) in [5.74, 6) is 0. The van der Waals surface area contributed by atoms with E-state index in [9.17, 15) is 0 Å². The third-order valence-corrected chi connectivity index (χ3v) is 5.18. The van der Waals surface area contributed by atoms with Crippen LogP contribution in [0.15, 0.2) is 24.4 Å². The fourth-order valence-electron chi connectivity index (χ4n) is 3.54. The fourth-order valence-corrected chi connectivity index (χ4v) is 3.54. The minimum atomic E-state index is 1.11. The summed E-state index contributed by atoms with van der Waals surface area (Å²) in [5.41, 5.74) is 0. The van der Waals surface area contributed by atoms with E-state index in [0.29, 0.717) is 0 Å². The standard InChI is InChI=1S/C23H43N/c1-2-3-4-5-6-7-8-9-10-11-12-13-14-15-16-18-21-24-22-19-17-20-23-24/h17,19-20,22H,2-16,18,21,23H2,1H3. The summed E-state index contributed by atoms with van der Waals surface area (Å²) >= 11 is 0. The average molecular weight is 334 g/mol. The molecule has 1 aliphatic rings. The molecule has 0 fully saturated rings. The minimum Gasteiger partial charge on any atom is -0.374 e. The van der Waals surface area contributed by atoms with Gasteiger partial charge >= 0.3 is 0 Å². The van der Waals surface area contributed by atoms with Gasteiger partial charge < -0.3 is 4.90 Å². The SMILES string of the molecule is CCCCCCCCCCCCCCCCCCN1C=CC=CC1. The molecule has 24 heavy (non-hydrogen) atoms. The van der Waals surface area contributed by atoms with E-state index in [2.05, 4.69) is 36.3 Å². The molecule has 0 amide bonds. The molecule has 0 saturated heterocycles. The molecule has 140 valence electrons. The summed E-state index contributed by atoms with van der Waals surface area (Å²) in [7, 11) is 0. The maximum absolute atomic E-state index is 2.42. The Bertz CT molecular complexity index is 305. The van der Waals surface area contributed by atoms with Gasteiger partial charge in [0.05, 0.1) is 0 Å². The predicted molar refractivity (Wildman–Crippen MR) is 109 cm³/mol. The second kappa shape index (κ2) is 17.1. The molecule has 0 saturated carbocycles. The Balaban J connectivity index is 1.67. The number of hydrogen-bond donors (Lipinski definition) is 0.